The monoisotopic (exact) mass is 217 g/mol. The highest BCUT2D eigenvalue weighted by Gasteiger charge is 2.23. The molecule has 0 heterocycles. The molecule has 0 aromatic carbocycles. The van der Waals surface area contributed by atoms with Gasteiger partial charge in [0.1, 0.15) is 0 Å². The van der Waals surface area contributed by atoms with Gasteiger partial charge in [0.2, 0.25) is 8.27 Å². The molecule has 0 bridgehead atoms. The molecule has 0 saturated carbocycles. The minimum Gasteiger partial charge on any atom is -0.327 e. The van der Waals surface area contributed by atoms with Crippen molar-refractivity contribution in [3.63, 3.8) is 0 Å². The first-order valence-electron chi connectivity index (χ1n) is 3.31. The van der Waals surface area contributed by atoms with Gasteiger partial charge in [-0.1, -0.05) is 13.8 Å². The van der Waals surface area contributed by atoms with Gasteiger partial charge in [0, 0.05) is 0 Å². The standard InChI is InChI=1S/C4H11BCl3NSi/c1-3-9(5(6)7)10(8)4-2/h10H,3-4H2,1-2H3. The molecule has 0 saturated heterocycles. The first kappa shape index (κ1) is 11.1. The van der Waals surface area contributed by atoms with Gasteiger partial charge in [0.25, 0.3) is 0 Å². The largest absolute Gasteiger partial charge is 0.428 e. The molecule has 0 aliphatic carbocycles. The van der Waals surface area contributed by atoms with Crippen LogP contribution >= 0.6 is 34.0 Å². The average molecular weight is 218 g/mol. The summed E-state index contributed by atoms with van der Waals surface area (Å²) in [5.41, 5.74) is -0.431. The number of halogens is 3. The van der Waals surface area contributed by atoms with Crippen LogP contribution in [0.4, 0.5) is 0 Å². The maximum absolute atomic E-state index is 6.02. The Balaban J connectivity index is 3.80. The van der Waals surface area contributed by atoms with Gasteiger partial charge in [-0.2, -0.15) is 11.1 Å². The summed E-state index contributed by atoms with van der Waals surface area (Å²) in [7, 11) is -1.31. The van der Waals surface area contributed by atoms with Crippen molar-refractivity contribution in [2.24, 2.45) is 0 Å². The predicted molar refractivity (Wildman–Crippen MR) is 53.3 cm³/mol. The Morgan fingerprint density at radius 3 is 2.00 bits per heavy atom. The fourth-order valence-corrected chi connectivity index (χ4v) is 3.99. The molecule has 0 radical (unpaired) electrons. The molecule has 0 fully saturated rings. The van der Waals surface area contributed by atoms with Gasteiger partial charge in [-0.3, -0.25) is 0 Å². The molecule has 0 rings (SSSR count). The Kier molecular flexibility index (Phi) is 6.36. The van der Waals surface area contributed by atoms with Crippen molar-refractivity contribution >= 4 is 47.9 Å². The lowest BCUT2D eigenvalue weighted by molar-refractivity contribution is 0.711. The van der Waals surface area contributed by atoms with Gasteiger partial charge in [0.05, 0.1) is 0 Å². The van der Waals surface area contributed by atoms with E-state index >= 15 is 0 Å². The molecule has 1 unspecified atom stereocenters. The molecule has 10 heavy (non-hydrogen) atoms. The molecule has 0 aliphatic rings. The van der Waals surface area contributed by atoms with Crippen LogP contribution in [0.3, 0.4) is 0 Å². The number of nitrogens with zero attached hydrogens (tertiary/aromatic N) is 1. The van der Waals surface area contributed by atoms with Crippen LogP contribution in [0.1, 0.15) is 13.8 Å². The molecule has 0 amide bonds. The fourth-order valence-electron chi connectivity index (χ4n) is 0.693. The molecule has 1 nitrogen and oxygen atoms in total. The highest BCUT2D eigenvalue weighted by Crippen LogP contribution is 2.11. The smallest absolute Gasteiger partial charge is 0.327 e. The summed E-state index contributed by atoms with van der Waals surface area (Å²) in [5.74, 6) is 0. The Morgan fingerprint density at radius 2 is 1.90 bits per heavy atom. The van der Waals surface area contributed by atoms with E-state index in [-0.39, 0.29) is 0 Å². The second-order valence-corrected chi connectivity index (χ2v) is 6.86. The molecular formula is C4H11BCl3NSi. The van der Waals surface area contributed by atoms with Gasteiger partial charge in [-0.15, -0.1) is 22.9 Å². The van der Waals surface area contributed by atoms with E-state index < -0.39 is 13.9 Å². The van der Waals surface area contributed by atoms with Crippen LogP contribution in [-0.2, 0) is 0 Å². The SMILES string of the molecule is CCN(B(Cl)Cl)[SiH](Cl)CC. The van der Waals surface area contributed by atoms with Crippen LogP contribution in [0.5, 0.6) is 0 Å². The van der Waals surface area contributed by atoms with Crippen LogP contribution in [-0.4, -0.2) is 25.0 Å². The van der Waals surface area contributed by atoms with E-state index in [1.807, 2.05) is 11.4 Å². The third-order valence-corrected chi connectivity index (χ3v) is 5.93. The predicted octanol–water partition coefficient (Wildman–Crippen LogP) is 2.25. The summed E-state index contributed by atoms with van der Waals surface area (Å²) < 4.78 is 1.95. The van der Waals surface area contributed by atoms with Gasteiger partial charge in [0.15, 0.2) is 0 Å². The second-order valence-electron chi connectivity index (χ2n) is 1.95. The quantitative estimate of drug-likeness (QED) is 0.517. The highest BCUT2D eigenvalue weighted by atomic mass is 35.6. The van der Waals surface area contributed by atoms with Crippen molar-refractivity contribution in [1.82, 2.24) is 4.48 Å². The lowest BCUT2D eigenvalue weighted by Gasteiger charge is -2.22. The zero-order chi connectivity index (χ0) is 8.15. The van der Waals surface area contributed by atoms with Crippen LogP contribution in [0.2, 0.25) is 6.04 Å². The number of hydrogen-bond acceptors (Lipinski definition) is 1. The van der Waals surface area contributed by atoms with E-state index in [0.29, 0.717) is 0 Å². The first-order chi connectivity index (χ1) is 4.63. The summed E-state index contributed by atoms with van der Waals surface area (Å²) in [6, 6.07) is 0.991. The maximum atomic E-state index is 6.02. The van der Waals surface area contributed by atoms with Gasteiger partial charge in [-0.05, 0) is 12.6 Å². The Bertz CT molecular complexity index is 94.6. The molecule has 0 spiro atoms. The van der Waals surface area contributed by atoms with Crippen LogP contribution < -0.4 is 0 Å². The summed E-state index contributed by atoms with van der Waals surface area (Å²) in [4.78, 5) is 0. The van der Waals surface area contributed by atoms with Crippen LogP contribution in [0, 0.1) is 0 Å². The molecule has 60 valence electrons. The van der Waals surface area contributed by atoms with Crippen molar-refractivity contribution in [2.45, 2.75) is 19.9 Å². The average Bonchev–Trinajstić information content (AvgIpc) is 1.88. The zero-order valence-electron chi connectivity index (χ0n) is 6.15. The van der Waals surface area contributed by atoms with Crippen molar-refractivity contribution in [2.75, 3.05) is 6.54 Å². The number of rotatable bonds is 4. The highest BCUT2D eigenvalue weighted by molar-refractivity contribution is 7.35. The molecule has 0 aliphatic heterocycles. The summed E-state index contributed by atoms with van der Waals surface area (Å²) in [6.45, 7) is 4.91. The fraction of sp³-hybridized carbons (Fsp3) is 1.00. The molecule has 1 atom stereocenters. The Labute approximate surface area is 78.9 Å². The summed E-state index contributed by atoms with van der Waals surface area (Å²) in [5, 5.41) is 0. The van der Waals surface area contributed by atoms with E-state index in [4.69, 9.17) is 34.0 Å². The van der Waals surface area contributed by atoms with Gasteiger partial charge < -0.3 is 4.48 Å². The number of hydrogen-bond donors (Lipinski definition) is 0. The molecular weight excluding hydrogens is 207 g/mol. The van der Waals surface area contributed by atoms with Crippen LogP contribution in [0.15, 0.2) is 0 Å². The van der Waals surface area contributed by atoms with Gasteiger partial charge in [-0.25, -0.2) is 0 Å². The Morgan fingerprint density at radius 1 is 1.40 bits per heavy atom. The van der Waals surface area contributed by atoms with Crippen molar-refractivity contribution < 1.29 is 0 Å². The summed E-state index contributed by atoms with van der Waals surface area (Å²) in [6.07, 6.45) is 0. The minimum atomic E-state index is -1.31. The van der Waals surface area contributed by atoms with Crippen molar-refractivity contribution in [3.8, 4) is 0 Å². The molecule has 0 N–H and O–H groups in total. The van der Waals surface area contributed by atoms with E-state index in [0.717, 1.165) is 12.6 Å². The first-order valence-corrected chi connectivity index (χ1v) is 7.26. The minimum absolute atomic E-state index is 0.431. The lowest BCUT2D eigenvalue weighted by Crippen LogP contribution is -2.40. The van der Waals surface area contributed by atoms with Crippen molar-refractivity contribution in [1.29, 1.82) is 0 Å². The Hall–Kier alpha value is 1.11. The van der Waals surface area contributed by atoms with E-state index in [1.165, 1.54) is 0 Å². The lowest BCUT2D eigenvalue weighted by atomic mass is 10.4. The third-order valence-electron chi connectivity index (χ3n) is 1.31. The maximum Gasteiger partial charge on any atom is 0.428 e. The van der Waals surface area contributed by atoms with Gasteiger partial charge >= 0.3 is 5.68 Å². The second kappa shape index (κ2) is 5.72. The van der Waals surface area contributed by atoms with Crippen LogP contribution in [0.25, 0.3) is 0 Å². The third kappa shape index (κ3) is 3.49. The zero-order valence-corrected chi connectivity index (χ0v) is 9.57. The van der Waals surface area contributed by atoms with E-state index in [2.05, 4.69) is 6.92 Å². The topological polar surface area (TPSA) is 3.24 Å². The molecule has 0 aromatic rings. The van der Waals surface area contributed by atoms with E-state index in [9.17, 15) is 0 Å². The summed E-state index contributed by atoms with van der Waals surface area (Å²) >= 11 is 17.3. The molecule has 6 heteroatoms. The van der Waals surface area contributed by atoms with E-state index in [1.54, 1.807) is 0 Å². The van der Waals surface area contributed by atoms with Crippen molar-refractivity contribution in [3.05, 3.63) is 0 Å². The normalized spacial score (nSPS) is 13.8. The molecule has 0 aromatic heterocycles.